The Hall–Kier alpha value is -1.91. The average Bonchev–Trinajstić information content (AvgIpc) is 2.46. The van der Waals surface area contributed by atoms with Gasteiger partial charge < -0.3 is 4.74 Å². The van der Waals surface area contributed by atoms with Gasteiger partial charge in [0.2, 0.25) is 0 Å². The molecule has 0 N–H and O–H groups in total. The summed E-state index contributed by atoms with van der Waals surface area (Å²) >= 11 is 0. The molecule has 0 atom stereocenters. The van der Waals surface area contributed by atoms with E-state index in [0.29, 0.717) is 5.75 Å². The Balaban J connectivity index is 1.84. The molecule has 0 radical (unpaired) electrons. The summed E-state index contributed by atoms with van der Waals surface area (Å²) in [7, 11) is 0. The first-order valence-electron chi connectivity index (χ1n) is 6.57. The highest BCUT2D eigenvalue weighted by molar-refractivity contribution is 5.82. The van der Waals surface area contributed by atoms with E-state index in [4.69, 9.17) is 4.74 Å². The first-order chi connectivity index (χ1) is 9.16. The molecule has 0 aliphatic heterocycles. The van der Waals surface area contributed by atoms with Gasteiger partial charge in [-0.2, -0.15) is 0 Å². The Labute approximate surface area is 111 Å². The molecule has 0 bridgehead atoms. The van der Waals surface area contributed by atoms with Crippen LogP contribution in [0.15, 0.2) is 24.3 Å². The van der Waals surface area contributed by atoms with Gasteiger partial charge in [0, 0.05) is 18.1 Å². The average molecular weight is 263 g/mol. The SMILES string of the molecule is O=C(COc1ccc([N+](=O)[O-])cc1)C1CCCCC1. The number of nitro groups is 1. The minimum absolute atomic E-state index is 0.0194. The molecule has 0 amide bonds. The zero-order valence-corrected chi connectivity index (χ0v) is 10.7. The smallest absolute Gasteiger partial charge is 0.269 e. The zero-order valence-electron chi connectivity index (χ0n) is 10.7. The maximum Gasteiger partial charge on any atom is 0.269 e. The minimum atomic E-state index is -0.461. The van der Waals surface area contributed by atoms with Crippen LogP contribution in [0.3, 0.4) is 0 Å². The van der Waals surface area contributed by atoms with Gasteiger partial charge in [0.25, 0.3) is 5.69 Å². The van der Waals surface area contributed by atoms with Crippen molar-refractivity contribution in [1.29, 1.82) is 0 Å². The highest BCUT2D eigenvalue weighted by atomic mass is 16.6. The lowest BCUT2D eigenvalue weighted by atomic mass is 9.86. The topological polar surface area (TPSA) is 69.4 Å². The quantitative estimate of drug-likeness (QED) is 0.604. The summed E-state index contributed by atoms with van der Waals surface area (Å²) in [5.41, 5.74) is 0.0194. The Kier molecular flexibility index (Phi) is 4.49. The molecule has 1 saturated carbocycles. The monoisotopic (exact) mass is 263 g/mol. The molecule has 0 aromatic heterocycles. The second-order valence-corrected chi connectivity index (χ2v) is 4.84. The van der Waals surface area contributed by atoms with Crippen LogP contribution in [-0.4, -0.2) is 17.3 Å². The van der Waals surface area contributed by atoms with Crippen LogP contribution in [0.2, 0.25) is 0 Å². The van der Waals surface area contributed by atoms with Crippen LogP contribution in [0.5, 0.6) is 5.75 Å². The third-order valence-electron chi connectivity index (χ3n) is 3.49. The van der Waals surface area contributed by atoms with Gasteiger partial charge in [0.05, 0.1) is 4.92 Å². The van der Waals surface area contributed by atoms with Crippen molar-refractivity contribution in [3.05, 3.63) is 34.4 Å². The fourth-order valence-corrected chi connectivity index (χ4v) is 2.36. The highest BCUT2D eigenvalue weighted by Gasteiger charge is 2.21. The number of carbonyl (C=O) groups excluding carboxylic acids is 1. The number of ether oxygens (including phenoxy) is 1. The number of rotatable bonds is 5. The lowest BCUT2D eigenvalue weighted by molar-refractivity contribution is -0.384. The van der Waals surface area contributed by atoms with Crippen LogP contribution in [0, 0.1) is 16.0 Å². The Morgan fingerprint density at radius 1 is 1.21 bits per heavy atom. The van der Waals surface area contributed by atoms with Gasteiger partial charge in [-0.3, -0.25) is 14.9 Å². The van der Waals surface area contributed by atoms with Crippen LogP contribution in [-0.2, 0) is 4.79 Å². The van der Waals surface area contributed by atoms with E-state index < -0.39 is 4.92 Å². The summed E-state index contributed by atoms with van der Waals surface area (Å²) in [4.78, 5) is 21.9. The first-order valence-corrected chi connectivity index (χ1v) is 6.57. The molecule has 0 unspecified atom stereocenters. The molecular weight excluding hydrogens is 246 g/mol. The van der Waals surface area contributed by atoms with Gasteiger partial charge in [0.15, 0.2) is 5.78 Å². The number of nitro benzene ring substituents is 1. The minimum Gasteiger partial charge on any atom is -0.486 e. The number of carbonyl (C=O) groups is 1. The van der Waals surface area contributed by atoms with Gasteiger partial charge in [-0.25, -0.2) is 0 Å². The van der Waals surface area contributed by atoms with Crippen molar-refractivity contribution in [3.8, 4) is 5.75 Å². The summed E-state index contributed by atoms with van der Waals surface area (Å²) < 4.78 is 5.38. The fourth-order valence-electron chi connectivity index (χ4n) is 2.36. The predicted molar refractivity (Wildman–Crippen MR) is 70.2 cm³/mol. The first kappa shape index (κ1) is 13.5. The molecule has 1 aromatic carbocycles. The van der Waals surface area contributed by atoms with Crippen molar-refractivity contribution in [2.45, 2.75) is 32.1 Å². The van der Waals surface area contributed by atoms with Crippen LogP contribution in [0.25, 0.3) is 0 Å². The Morgan fingerprint density at radius 3 is 2.42 bits per heavy atom. The van der Waals surface area contributed by atoms with Gasteiger partial charge >= 0.3 is 0 Å². The number of Topliss-reactive ketones (excluding diaryl/α,β-unsaturated/α-hetero) is 1. The van der Waals surface area contributed by atoms with Crippen LogP contribution >= 0.6 is 0 Å². The normalized spacial score (nSPS) is 16.0. The van der Waals surface area contributed by atoms with Crippen molar-refractivity contribution in [1.82, 2.24) is 0 Å². The molecule has 1 aliphatic rings. The summed E-state index contributed by atoms with van der Waals surface area (Å²) in [6.07, 6.45) is 5.37. The number of ketones is 1. The lowest BCUT2D eigenvalue weighted by Gasteiger charge is -2.20. The molecule has 102 valence electrons. The second kappa shape index (κ2) is 6.31. The van der Waals surface area contributed by atoms with E-state index in [1.807, 2.05) is 0 Å². The van der Waals surface area contributed by atoms with E-state index in [1.54, 1.807) is 0 Å². The van der Waals surface area contributed by atoms with Crippen molar-refractivity contribution < 1.29 is 14.5 Å². The van der Waals surface area contributed by atoms with E-state index in [0.717, 1.165) is 25.7 Å². The Morgan fingerprint density at radius 2 is 1.84 bits per heavy atom. The van der Waals surface area contributed by atoms with Gasteiger partial charge in [0.1, 0.15) is 12.4 Å². The lowest BCUT2D eigenvalue weighted by Crippen LogP contribution is -2.23. The van der Waals surface area contributed by atoms with Crippen molar-refractivity contribution in [3.63, 3.8) is 0 Å². The standard InChI is InChI=1S/C14H17NO4/c16-14(11-4-2-1-3-5-11)10-19-13-8-6-12(7-9-13)15(17)18/h6-9,11H,1-5,10H2. The van der Waals surface area contributed by atoms with Crippen LogP contribution in [0.1, 0.15) is 32.1 Å². The molecule has 0 saturated heterocycles. The zero-order chi connectivity index (χ0) is 13.7. The summed E-state index contributed by atoms with van der Waals surface area (Å²) in [6.45, 7) is 0.0580. The predicted octanol–water partition coefficient (Wildman–Crippen LogP) is 3.12. The summed E-state index contributed by atoms with van der Waals surface area (Å²) in [5.74, 6) is 0.764. The highest BCUT2D eigenvalue weighted by Crippen LogP contribution is 2.25. The fraction of sp³-hybridized carbons (Fsp3) is 0.500. The molecule has 2 rings (SSSR count). The largest absolute Gasteiger partial charge is 0.486 e. The number of nitrogens with zero attached hydrogens (tertiary/aromatic N) is 1. The van der Waals surface area contributed by atoms with Gasteiger partial charge in [-0.05, 0) is 25.0 Å². The van der Waals surface area contributed by atoms with Gasteiger partial charge in [-0.15, -0.1) is 0 Å². The molecular formula is C14H17NO4. The van der Waals surface area contributed by atoms with Crippen molar-refractivity contribution >= 4 is 11.5 Å². The maximum absolute atomic E-state index is 11.9. The third kappa shape index (κ3) is 3.77. The number of hydrogen-bond donors (Lipinski definition) is 0. The van der Waals surface area contributed by atoms with Gasteiger partial charge in [-0.1, -0.05) is 19.3 Å². The van der Waals surface area contributed by atoms with E-state index in [1.165, 1.54) is 30.7 Å². The second-order valence-electron chi connectivity index (χ2n) is 4.84. The van der Waals surface area contributed by atoms with E-state index >= 15 is 0 Å². The van der Waals surface area contributed by atoms with Crippen molar-refractivity contribution in [2.75, 3.05) is 6.61 Å². The molecule has 1 aromatic rings. The van der Waals surface area contributed by atoms with Crippen molar-refractivity contribution in [2.24, 2.45) is 5.92 Å². The third-order valence-corrected chi connectivity index (χ3v) is 3.49. The molecule has 0 heterocycles. The number of non-ortho nitro benzene ring substituents is 1. The molecule has 5 nitrogen and oxygen atoms in total. The number of benzene rings is 1. The summed E-state index contributed by atoms with van der Waals surface area (Å²) in [6, 6.07) is 5.79. The van der Waals surface area contributed by atoms with E-state index in [2.05, 4.69) is 0 Å². The van der Waals surface area contributed by atoms with E-state index in [9.17, 15) is 14.9 Å². The molecule has 5 heteroatoms. The van der Waals surface area contributed by atoms with E-state index in [-0.39, 0.29) is 24.0 Å². The van der Waals surface area contributed by atoms with Crippen LogP contribution < -0.4 is 4.74 Å². The molecule has 1 fully saturated rings. The van der Waals surface area contributed by atoms with Crippen LogP contribution in [0.4, 0.5) is 5.69 Å². The maximum atomic E-state index is 11.9. The number of hydrogen-bond acceptors (Lipinski definition) is 4. The molecule has 19 heavy (non-hydrogen) atoms. The molecule has 1 aliphatic carbocycles. The Bertz CT molecular complexity index is 449. The summed E-state index contributed by atoms with van der Waals surface area (Å²) in [5, 5.41) is 10.5. The molecule has 0 spiro atoms.